The number of hydrogen-bond acceptors (Lipinski definition) is 4. The van der Waals surface area contributed by atoms with Crippen LogP contribution in [0.3, 0.4) is 0 Å². The number of nitrogens with one attached hydrogen (secondary N) is 1. The van der Waals surface area contributed by atoms with Crippen molar-refractivity contribution >= 4 is 28.2 Å². The fourth-order valence-corrected chi connectivity index (χ4v) is 3.61. The van der Waals surface area contributed by atoms with E-state index >= 15 is 0 Å². The number of carbonyl (C=O) groups is 1. The molecule has 27 heavy (non-hydrogen) atoms. The zero-order valence-corrected chi connectivity index (χ0v) is 15.4. The molecule has 1 aliphatic heterocycles. The summed E-state index contributed by atoms with van der Waals surface area (Å²) in [6.45, 7) is 4.53. The summed E-state index contributed by atoms with van der Waals surface area (Å²) >= 11 is 0. The second-order valence-electron chi connectivity index (χ2n) is 6.61. The SMILES string of the molecule is CCOc1ccccc1C(=O)Nc1ccc(N2CCCC2)c2ncccc12. The van der Waals surface area contributed by atoms with Gasteiger partial charge in [0, 0.05) is 24.7 Å². The summed E-state index contributed by atoms with van der Waals surface area (Å²) < 4.78 is 5.59. The van der Waals surface area contributed by atoms with E-state index in [1.807, 2.05) is 43.3 Å². The fraction of sp³-hybridized carbons (Fsp3) is 0.273. The van der Waals surface area contributed by atoms with Gasteiger partial charge in [-0.15, -0.1) is 0 Å². The maximum Gasteiger partial charge on any atom is 0.259 e. The first kappa shape index (κ1) is 17.3. The van der Waals surface area contributed by atoms with Crippen LogP contribution in [0.25, 0.3) is 10.9 Å². The molecular formula is C22H23N3O2. The van der Waals surface area contributed by atoms with Gasteiger partial charge in [-0.1, -0.05) is 12.1 Å². The van der Waals surface area contributed by atoms with E-state index in [9.17, 15) is 4.79 Å². The molecule has 0 aliphatic carbocycles. The van der Waals surface area contributed by atoms with Crippen LogP contribution in [0.15, 0.2) is 54.7 Å². The number of benzene rings is 2. The number of pyridine rings is 1. The molecule has 3 aromatic rings. The summed E-state index contributed by atoms with van der Waals surface area (Å²) in [5, 5.41) is 3.99. The number of rotatable bonds is 5. The first-order valence-corrected chi connectivity index (χ1v) is 9.44. The average molecular weight is 361 g/mol. The Morgan fingerprint density at radius 2 is 1.93 bits per heavy atom. The topological polar surface area (TPSA) is 54.5 Å². The number of amides is 1. The number of para-hydroxylation sites is 1. The van der Waals surface area contributed by atoms with Crippen molar-refractivity contribution in [2.45, 2.75) is 19.8 Å². The Bertz CT molecular complexity index is 965. The third-order valence-corrected chi connectivity index (χ3v) is 4.87. The van der Waals surface area contributed by atoms with Crippen LogP contribution in [-0.2, 0) is 0 Å². The average Bonchev–Trinajstić information content (AvgIpc) is 3.23. The molecule has 1 fully saturated rings. The van der Waals surface area contributed by atoms with Crippen LogP contribution in [0, 0.1) is 0 Å². The van der Waals surface area contributed by atoms with Gasteiger partial charge in [0.25, 0.3) is 5.91 Å². The molecule has 0 saturated carbocycles. The Balaban J connectivity index is 1.69. The Morgan fingerprint density at radius 1 is 1.11 bits per heavy atom. The molecule has 138 valence electrons. The number of aromatic nitrogens is 1. The maximum absolute atomic E-state index is 12.9. The first-order chi connectivity index (χ1) is 13.3. The minimum absolute atomic E-state index is 0.182. The molecule has 0 atom stereocenters. The van der Waals surface area contributed by atoms with Gasteiger partial charge in [-0.05, 0) is 56.2 Å². The van der Waals surface area contributed by atoms with Gasteiger partial charge in [0.1, 0.15) is 5.75 Å². The van der Waals surface area contributed by atoms with Gasteiger partial charge >= 0.3 is 0 Å². The Labute approximate surface area is 159 Å². The predicted octanol–water partition coefficient (Wildman–Crippen LogP) is 4.49. The van der Waals surface area contributed by atoms with Crippen LogP contribution in [0.5, 0.6) is 5.75 Å². The molecule has 2 aromatic carbocycles. The van der Waals surface area contributed by atoms with Crippen LogP contribution in [-0.4, -0.2) is 30.6 Å². The Hall–Kier alpha value is -3.08. The first-order valence-electron chi connectivity index (χ1n) is 9.44. The lowest BCUT2D eigenvalue weighted by Crippen LogP contribution is -2.19. The highest BCUT2D eigenvalue weighted by Gasteiger charge is 2.18. The van der Waals surface area contributed by atoms with Crippen molar-refractivity contribution in [2.24, 2.45) is 0 Å². The van der Waals surface area contributed by atoms with E-state index in [-0.39, 0.29) is 5.91 Å². The molecule has 0 bridgehead atoms. The second kappa shape index (κ2) is 7.66. The normalized spacial score (nSPS) is 13.7. The van der Waals surface area contributed by atoms with E-state index in [2.05, 4.69) is 21.3 Å². The number of hydrogen-bond donors (Lipinski definition) is 1. The summed E-state index contributed by atoms with van der Waals surface area (Å²) in [4.78, 5) is 19.8. The molecular weight excluding hydrogens is 338 g/mol. The quantitative estimate of drug-likeness (QED) is 0.728. The third kappa shape index (κ3) is 3.45. The molecule has 0 spiro atoms. The molecule has 0 radical (unpaired) electrons. The van der Waals surface area contributed by atoms with Crippen LogP contribution in [0.1, 0.15) is 30.1 Å². The summed E-state index contributed by atoms with van der Waals surface area (Å²) in [6, 6.07) is 15.2. The number of fused-ring (bicyclic) bond motifs is 1. The predicted molar refractivity (Wildman–Crippen MR) is 109 cm³/mol. The van der Waals surface area contributed by atoms with E-state index < -0.39 is 0 Å². The lowest BCUT2D eigenvalue weighted by atomic mass is 10.1. The van der Waals surface area contributed by atoms with Gasteiger partial charge < -0.3 is 15.0 Å². The highest BCUT2D eigenvalue weighted by Crippen LogP contribution is 2.33. The molecule has 1 aromatic heterocycles. The lowest BCUT2D eigenvalue weighted by molar-refractivity contribution is 0.102. The van der Waals surface area contributed by atoms with Crippen LogP contribution < -0.4 is 15.0 Å². The maximum atomic E-state index is 12.9. The van der Waals surface area contributed by atoms with Crippen LogP contribution in [0.4, 0.5) is 11.4 Å². The van der Waals surface area contributed by atoms with Crippen molar-refractivity contribution in [3.8, 4) is 5.75 Å². The summed E-state index contributed by atoms with van der Waals surface area (Å²) in [5.41, 5.74) is 3.35. The van der Waals surface area contributed by atoms with E-state index in [0.29, 0.717) is 17.9 Å². The zero-order chi connectivity index (χ0) is 18.6. The number of nitrogens with zero attached hydrogens (tertiary/aromatic N) is 2. The molecule has 1 N–H and O–H groups in total. The van der Waals surface area contributed by atoms with Crippen molar-refractivity contribution in [1.29, 1.82) is 0 Å². The number of carbonyl (C=O) groups excluding carboxylic acids is 1. The van der Waals surface area contributed by atoms with Gasteiger partial charge in [0.15, 0.2) is 0 Å². The van der Waals surface area contributed by atoms with Gasteiger partial charge in [0.05, 0.1) is 29.1 Å². The largest absolute Gasteiger partial charge is 0.493 e. The molecule has 5 nitrogen and oxygen atoms in total. The minimum Gasteiger partial charge on any atom is -0.493 e. The summed E-state index contributed by atoms with van der Waals surface area (Å²) in [7, 11) is 0. The van der Waals surface area contributed by atoms with Crippen molar-refractivity contribution in [3.05, 3.63) is 60.3 Å². The van der Waals surface area contributed by atoms with Crippen molar-refractivity contribution in [3.63, 3.8) is 0 Å². The molecule has 1 saturated heterocycles. The second-order valence-corrected chi connectivity index (χ2v) is 6.61. The van der Waals surface area contributed by atoms with E-state index in [4.69, 9.17) is 4.74 Å². The monoisotopic (exact) mass is 361 g/mol. The van der Waals surface area contributed by atoms with E-state index in [0.717, 1.165) is 35.4 Å². The smallest absolute Gasteiger partial charge is 0.259 e. The molecule has 0 unspecified atom stereocenters. The van der Waals surface area contributed by atoms with Gasteiger partial charge in [0.2, 0.25) is 0 Å². The molecule has 2 heterocycles. The van der Waals surface area contributed by atoms with Crippen molar-refractivity contribution in [1.82, 2.24) is 4.98 Å². The van der Waals surface area contributed by atoms with E-state index in [1.165, 1.54) is 12.8 Å². The number of ether oxygens (including phenoxy) is 1. The van der Waals surface area contributed by atoms with Gasteiger partial charge in [-0.3, -0.25) is 9.78 Å². The number of anilines is 2. The minimum atomic E-state index is -0.182. The highest BCUT2D eigenvalue weighted by atomic mass is 16.5. The molecule has 5 heteroatoms. The Morgan fingerprint density at radius 3 is 2.74 bits per heavy atom. The van der Waals surface area contributed by atoms with E-state index in [1.54, 1.807) is 12.3 Å². The third-order valence-electron chi connectivity index (χ3n) is 4.87. The van der Waals surface area contributed by atoms with Gasteiger partial charge in [-0.25, -0.2) is 0 Å². The van der Waals surface area contributed by atoms with Crippen LogP contribution >= 0.6 is 0 Å². The molecule has 4 rings (SSSR count). The summed E-state index contributed by atoms with van der Waals surface area (Å²) in [5.74, 6) is 0.409. The van der Waals surface area contributed by atoms with Crippen LogP contribution in [0.2, 0.25) is 0 Å². The fourth-order valence-electron chi connectivity index (χ4n) is 3.61. The lowest BCUT2D eigenvalue weighted by Gasteiger charge is -2.20. The van der Waals surface area contributed by atoms with Crippen molar-refractivity contribution in [2.75, 3.05) is 29.9 Å². The highest BCUT2D eigenvalue weighted by molar-refractivity contribution is 6.11. The summed E-state index contributed by atoms with van der Waals surface area (Å²) in [6.07, 6.45) is 4.22. The molecule has 1 amide bonds. The standard InChI is InChI=1S/C22H23N3O2/c1-2-27-20-10-4-3-8-17(20)22(26)24-18-11-12-19(25-14-5-6-15-25)21-16(18)9-7-13-23-21/h3-4,7-13H,2,5-6,14-15H2,1H3,(H,24,26). The molecule has 1 aliphatic rings. The van der Waals surface area contributed by atoms with Crippen molar-refractivity contribution < 1.29 is 9.53 Å². The zero-order valence-electron chi connectivity index (χ0n) is 15.4. The Kier molecular flexibility index (Phi) is 4.92. The van der Waals surface area contributed by atoms with Gasteiger partial charge in [-0.2, -0.15) is 0 Å².